The molecule has 0 saturated carbocycles. The molecule has 0 fully saturated rings. The van der Waals surface area contributed by atoms with Gasteiger partial charge in [-0.05, 0) is 49.0 Å². The van der Waals surface area contributed by atoms with E-state index in [1.54, 1.807) is 18.2 Å². The van der Waals surface area contributed by atoms with Crippen molar-refractivity contribution in [3.63, 3.8) is 0 Å². The molecule has 0 unspecified atom stereocenters. The van der Waals surface area contributed by atoms with Crippen LogP contribution < -0.4 is 15.4 Å². The molecule has 1 aromatic heterocycles. The third kappa shape index (κ3) is 4.63. The van der Waals surface area contributed by atoms with E-state index in [9.17, 15) is 4.79 Å². The summed E-state index contributed by atoms with van der Waals surface area (Å²) in [6.45, 7) is 1.86. The van der Waals surface area contributed by atoms with E-state index in [-0.39, 0.29) is 11.0 Å². The smallest absolute Gasteiger partial charge is 0.261 e. The van der Waals surface area contributed by atoms with Crippen molar-refractivity contribution in [3.8, 4) is 5.75 Å². The van der Waals surface area contributed by atoms with E-state index in [0.29, 0.717) is 22.2 Å². The Hall–Kier alpha value is -1.70. The topological polar surface area (TPSA) is 63.2 Å². The third-order valence-corrected chi connectivity index (χ3v) is 3.77. The zero-order chi connectivity index (χ0) is 17.0. The van der Waals surface area contributed by atoms with Crippen LogP contribution in [0.5, 0.6) is 5.75 Å². The fourth-order valence-electron chi connectivity index (χ4n) is 1.94. The minimum atomic E-state index is -0.377. The molecular formula is C15H13BrClN3O2S. The van der Waals surface area contributed by atoms with Crippen LogP contribution in [0.4, 0.5) is 5.82 Å². The van der Waals surface area contributed by atoms with Gasteiger partial charge in [0, 0.05) is 10.7 Å². The largest absolute Gasteiger partial charge is 0.496 e. The van der Waals surface area contributed by atoms with Crippen molar-refractivity contribution in [1.82, 2.24) is 10.3 Å². The van der Waals surface area contributed by atoms with Gasteiger partial charge in [0.25, 0.3) is 5.91 Å². The predicted octanol–water partition coefficient (Wildman–Crippen LogP) is 3.94. The summed E-state index contributed by atoms with van der Waals surface area (Å²) in [7, 11) is 1.52. The number of hydrogen-bond acceptors (Lipinski definition) is 4. The van der Waals surface area contributed by atoms with Gasteiger partial charge in [-0.25, -0.2) is 4.98 Å². The molecule has 120 valence electrons. The minimum Gasteiger partial charge on any atom is -0.496 e. The number of aryl methyl sites for hydroxylation is 1. The van der Waals surface area contributed by atoms with Gasteiger partial charge < -0.3 is 10.1 Å². The fraction of sp³-hybridized carbons (Fsp3) is 0.133. The first-order valence-corrected chi connectivity index (χ1v) is 8.06. The summed E-state index contributed by atoms with van der Waals surface area (Å²) in [4.78, 5) is 16.4. The number of hydrogen-bond donors (Lipinski definition) is 2. The average molecular weight is 415 g/mol. The SMILES string of the molecule is COc1c(C)cc(Br)cc1C(=O)NC(=S)Nc1ccc(Cl)cn1. The lowest BCUT2D eigenvalue weighted by atomic mass is 10.1. The normalized spacial score (nSPS) is 10.1. The van der Waals surface area contributed by atoms with Gasteiger partial charge in [0.2, 0.25) is 0 Å². The van der Waals surface area contributed by atoms with Crippen molar-refractivity contribution in [2.45, 2.75) is 6.92 Å². The van der Waals surface area contributed by atoms with E-state index in [0.717, 1.165) is 10.0 Å². The molecule has 0 radical (unpaired) electrons. The van der Waals surface area contributed by atoms with Crippen molar-refractivity contribution >= 4 is 56.6 Å². The van der Waals surface area contributed by atoms with Gasteiger partial charge in [-0.15, -0.1) is 0 Å². The molecule has 0 atom stereocenters. The molecule has 2 rings (SSSR count). The molecule has 2 aromatic rings. The van der Waals surface area contributed by atoms with Crippen LogP contribution in [0.3, 0.4) is 0 Å². The van der Waals surface area contributed by atoms with Crippen LogP contribution in [-0.2, 0) is 0 Å². The van der Waals surface area contributed by atoms with E-state index in [1.807, 2.05) is 13.0 Å². The van der Waals surface area contributed by atoms with Crippen LogP contribution in [0.15, 0.2) is 34.9 Å². The zero-order valence-corrected chi connectivity index (χ0v) is 15.5. The molecule has 5 nitrogen and oxygen atoms in total. The monoisotopic (exact) mass is 413 g/mol. The first-order chi connectivity index (χ1) is 10.9. The summed E-state index contributed by atoms with van der Waals surface area (Å²) in [6, 6.07) is 6.86. The predicted molar refractivity (Wildman–Crippen MR) is 98.4 cm³/mol. The lowest BCUT2D eigenvalue weighted by Gasteiger charge is -2.13. The van der Waals surface area contributed by atoms with Crippen LogP contribution in [-0.4, -0.2) is 23.1 Å². The van der Waals surface area contributed by atoms with E-state index in [4.69, 9.17) is 28.6 Å². The Balaban J connectivity index is 2.12. The number of halogens is 2. The van der Waals surface area contributed by atoms with Crippen molar-refractivity contribution in [1.29, 1.82) is 0 Å². The summed E-state index contributed by atoms with van der Waals surface area (Å²) in [5, 5.41) is 6.05. The molecule has 0 aliphatic rings. The standard InChI is InChI=1S/C15H13BrClN3O2S/c1-8-5-9(16)6-11(13(8)22-2)14(21)20-15(23)19-12-4-3-10(17)7-18-12/h3-7H,1-2H3,(H2,18,19,20,21,23). The second kappa shape index (κ2) is 7.72. The molecule has 0 aliphatic carbocycles. The van der Waals surface area contributed by atoms with Gasteiger partial charge in [0.15, 0.2) is 5.11 Å². The molecular weight excluding hydrogens is 402 g/mol. The molecule has 0 aliphatic heterocycles. The lowest BCUT2D eigenvalue weighted by molar-refractivity contribution is 0.0974. The second-order valence-corrected chi connectivity index (χ2v) is 6.33. The number of amides is 1. The average Bonchev–Trinajstić information content (AvgIpc) is 2.48. The number of pyridine rings is 1. The molecule has 0 bridgehead atoms. The highest BCUT2D eigenvalue weighted by molar-refractivity contribution is 9.10. The van der Waals surface area contributed by atoms with Crippen molar-refractivity contribution in [2.24, 2.45) is 0 Å². The lowest BCUT2D eigenvalue weighted by Crippen LogP contribution is -2.34. The van der Waals surface area contributed by atoms with Crippen LogP contribution >= 0.6 is 39.7 Å². The number of rotatable bonds is 3. The number of carbonyl (C=O) groups is 1. The highest BCUT2D eigenvalue weighted by atomic mass is 79.9. The zero-order valence-electron chi connectivity index (χ0n) is 12.3. The number of benzene rings is 1. The van der Waals surface area contributed by atoms with Gasteiger partial charge in [0.1, 0.15) is 11.6 Å². The molecule has 1 amide bonds. The van der Waals surface area contributed by atoms with Crippen molar-refractivity contribution in [3.05, 3.63) is 51.1 Å². The minimum absolute atomic E-state index is 0.129. The van der Waals surface area contributed by atoms with Crippen molar-refractivity contribution in [2.75, 3.05) is 12.4 Å². The Morgan fingerprint density at radius 3 is 2.74 bits per heavy atom. The maximum absolute atomic E-state index is 12.4. The summed E-state index contributed by atoms with van der Waals surface area (Å²) in [5.74, 6) is 0.605. The van der Waals surface area contributed by atoms with Gasteiger partial charge in [-0.2, -0.15) is 0 Å². The molecule has 2 N–H and O–H groups in total. The quantitative estimate of drug-likeness (QED) is 0.745. The van der Waals surface area contributed by atoms with Crippen LogP contribution in [0.25, 0.3) is 0 Å². The summed E-state index contributed by atoms with van der Waals surface area (Å²) >= 11 is 14.3. The Morgan fingerprint density at radius 2 is 2.13 bits per heavy atom. The van der Waals surface area contributed by atoms with Gasteiger partial charge in [-0.3, -0.25) is 10.1 Å². The fourth-order valence-corrected chi connectivity index (χ4v) is 2.82. The number of thiocarbonyl (C=S) groups is 1. The molecule has 8 heteroatoms. The molecule has 1 heterocycles. The van der Waals surface area contributed by atoms with E-state index in [1.165, 1.54) is 13.3 Å². The van der Waals surface area contributed by atoms with E-state index in [2.05, 4.69) is 31.5 Å². The third-order valence-electron chi connectivity index (χ3n) is 2.88. The molecule has 0 spiro atoms. The number of methoxy groups -OCH3 is 1. The number of carbonyl (C=O) groups excluding carboxylic acids is 1. The van der Waals surface area contributed by atoms with Gasteiger partial charge in [-0.1, -0.05) is 27.5 Å². The van der Waals surface area contributed by atoms with Crippen LogP contribution in [0.2, 0.25) is 5.02 Å². The highest BCUT2D eigenvalue weighted by Crippen LogP contribution is 2.27. The highest BCUT2D eigenvalue weighted by Gasteiger charge is 2.16. The van der Waals surface area contributed by atoms with Gasteiger partial charge >= 0.3 is 0 Å². The number of aromatic nitrogens is 1. The maximum Gasteiger partial charge on any atom is 0.261 e. The second-order valence-electron chi connectivity index (χ2n) is 4.57. The first kappa shape index (κ1) is 17.7. The Labute approximate surface area is 152 Å². The number of nitrogens with zero attached hydrogens (tertiary/aromatic N) is 1. The summed E-state index contributed by atoms with van der Waals surface area (Å²) in [5.41, 5.74) is 1.22. The molecule has 1 aromatic carbocycles. The van der Waals surface area contributed by atoms with Gasteiger partial charge in [0.05, 0.1) is 17.7 Å². The maximum atomic E-state index is 12.4. The van der Waals surface area contributed by atoms with E-state index >= 15 is 0 Å². The Bertz CT molecular complexity index is 753. The van der Waals surface area contributed by atoms with E-state index < -0.39 is 0 Å². The Kier molecular flexibility index (Phi) is 5.92. The molecule has 23 heavy (non-hydrogen) atoms. The summed E-state index contributed by atoms with van der Waals surface area (Å²) in [6.07, 6.45) is 1.48. The first-order valence-electron chi connectivity index (χ1n) is 6.48. The van der Waals surface area contributed by atoms with Crippen LogP contribution in [0, 0.1) is 6.92 Å². The molecule has 0 saturated heterocycles. The van der Waals surface area contributed by atoms with Crippen LogP contribution in [0.1, 0.15) is 15.9 Å². The summed E-state index contributed by atoms with van der Waals surface area (Å²) < 4.78 is 6.07. The number of ether oxygens (including phenoxy) is 1. The number of anilines is 1. The van der Waals surface area contributed by atoms with Crippen molar-refractivity contribution < 1.29 is 9.53 Å². The number of nitrogens with one attached hydrogen (secondary N) is 2. The Morgan fingerprint density at radius 1 is 1.39 bits per heavy atom.